The smallest absolute Gasteiger partial charge is 0.122 e. The van der Waals surface area contributed by atoms with Crippen LogP contribution in [0.25, 0.3) is 0 Å². The number of ether oxygens (including phenoxy) is 2. The van der Waals surface area contributed by atoms with Crippen molar-refractivity contribution < 1.29 is 14.3 Å². The summed E-state index contributed by atoms with van der Waals surface area (Å²) in [5, 5.41) is 0. The van der Waals surface area contributed by atoms with Gasteiger partial charge in [0.05, 0.1) is 26.9 Å². The normalized spacial score (nSPS) is 15.8. The second-order valence-electron chi connectivity index (χ2n) is 4.22. The molecule has 0 radical (unpaired) electrons. The molecule has 0 amide bonds. The highest BCUT2D eigenvalue weighted by molar-refractivity contribution is 5.53. The molecule has 1 aliphatic heterocycles. The lowest BCUT2D eigenvalue weighted by Gasteiger charge is -2.29. The van der Waals surface area contributed by atoms with Crippen LogP contribution < -0.4 is 15.5 Å². The molecule has 5 heteroatoms. The molecule has 1 heterocycles. The SMILES string of the molecule is COc1ccc(N2CCOCC2)cc1CCON. The number of benzene rings is 1. The van der Waals surface area contributed by atoms with Gasteiger partial charge in [0.1, 0.15) is 5.75 Å². The van der Waals surface area contributed by atoms with Crippen LogP contribution in [0.15, 0.2) is 18.2 Å². The molecule has 0 atom stereocenters. The van der Waals surface area contributed by atoms with E-state index in [1.807, 2.05) is 6.07 Å². The lowest BCUT2D eigenvalue weighted by atomic mass is 10.1. The Morgan fingerprint density at radius 3 is 2.78 bits per heavy atom. The first-order valence-corrected chi connectivity index (χ1v) is 6.16. The van der Waals surface area contributed by atoms with E-state index >= 15 is 0 Å². The van der Waals surface area contributed by atoms with Gasteiger partial charge < -0.3 is 19.2 Å². The molecule has 0 unspecified atom stereocenters. The Morgan fingerprint density at radius 2 is 2.11 bits per heavy atom. The number of anilines is 1. The summed E-state index contributed by atoms with van der Waals surface area (Å²) in [7, 11) is 1.68. The van der Waals surface area contributed by atoms with Gasteiger partial charge >= 0.3 is 0 Å². The van der Waals surface area contributed by atoms with Gasteiger partial charge in [-0.1, -0.05) is 0 Å². The van der Waals surface area contributed by atoms with Gasteiger partial charge in [-0.15, -0.1) is 0 Å². The van der Waals surface area contributed by atoms with Gasteiger partial charge in [0, 0.05) is 25.2 Å². The maximum atomic E-state index is 5.36. The van der Waals surface area contributed by atoms with Gasteiger partial charge in [-0.25, -0.2) is 5.90 Å². The fourth-order valence-electron chi connectivity index (χ4n) is 2.15. The number of hydrogen-bond donors (Lipinski definition) is 1. The van der Waals surface area contributed by atoms with Crippen molar-refractivity contribution >= 4 is 5.69 Å². The molecular formula is C13H20N2O3. The van der Waals surface area contributed by atoms with Crippen LogP contribution in [-0.4, -0.2) is 40.0 Å². The summed E-state index contributed by atoms with van der Waals surface area (Å²) in [5.74, 6) is 5.96. The van der Waals surface area contributed by atoms with Crippen molar-refractivity contribution in [3.05, 3.63) is 23.8 Å². The Bertz CT molecular complexity index is 378. The van der Waals surface area contributed by atoms with Gasteiger partial charge in [0.2, 0.25) is 0 Å². The van der Waals surface area contributed by atoms with Crippen molar-refractivity contribution in [2.75, 3.05) is 44.9 Å². The molecule has 100 valence electrons. The Hall–Kier alpha value is -1.30. The molecule has 0 saturated carbocycles. The zero-order chi connectivity index (χ0) is 12.8. The van der Waals surface area contributed by atoms with Crippen LogP contribution in [0.2, 0.25) is 0 Å². The first kappa shape index (κ1) is 13.1. The van der Waals surface area contributed by atoms with Gasteiger partial charge in [0.15, 0.2) is 0 Å². The zero-order valence-corrected chi connectivity index (χ0v) is 10.7. The molecule has 0 aromatic heterocycles. The van der Waals surface area contributed by atoms with Gasteiger partial charge in [0.25, 0.3) is 0 Å². The van der Waals surface area contributed by atoms with Crippen molar-refractivity contribution in [1.82, 2.24) is 0 Å². The molecule has 1 aliphatic rings. The molecule has 1 aromatic rings. The van der Waals surface area contributed by atoms with Crippen LogP contribution in [0, 0.1) is 0 Å². The van der Waals surface area contributed by atoms with Crippen LogP contribution in [0.5, 0.6) is 5.75 Å². The van der Waals surface area contributed by atoms with Crippen molar-refractivity contribution in [1.29, 1.82) is 0 Å². The Morgan fingerprint density at radius 1 is 1.33 bits per heavy atom. The maximum Gasteiger partial charge on any atom is 0.122 e. The summed E-state index contributed by atoms with van der Waals surface area (Å²) in [5.41, 5.74) is 2.32. The van der Waals surface area contributed by atoms with E-state index in [1.165, 1.54) is 5.69 Å². The van der Waals surface area contributed by atoms with Crippen molar-refractivity contribution in [2.45, 2.75) is 6.42 Å². The van der Waals surface area contributed by atoms with E-state index in [-0.39, 0.29) is 0 Å². The summed E-state index contributed by atoms with van der Waals surface area (Å²) >= 11 is 0. The largest absolute Gasteiger partial charge is 0.496 e. The molecule has 1 aromatic carbocycles. The minimum Gasteiger partial charge on any atom is -0.496 e. The third kappa shape index (κ3) is 3.13. The average Bonchev–Trinajstić information content (AvgIpc) is 2.45. The van der Waals surface area contributed by atoms with E-state index in [0.717, 1.165) is 44.0 Å². The van der Waals surface area contributed by atoms with E-state index in [1.54, 1.807) is 7.11 Å². The lowest BCUT2D eigenvalue weighted by Crippen LogP contribution is -2.36. The molecule has 18 heavy (non-hydrogen) atoms. The van der Waals surface area contributed by atoms with Crippen molar-refractivity contribution in [2.24, 2.45) is 5.90 Å². The Balaban J connectivity index is 2.15. The van der Waals surface area contributed by atoms with Crippen LogP contribution in [0.4, 0.5) is 5.69 Å². The fraction of sp³-hybridized carbons (Fsp3) is 0.538. The van der Waals surface area contributed by atoms with Crippen LogP contribution in [0.3, 0.4) is 0 Å². The maximum absolute atomic E-state index is 5.36. The molecule has 2 rings (SSSR count). The highest BCUT2D eigenvalue weighted by Crippen LogP contribution is 2.26. The van der Waals surface area contributed by atoms with E-state index in [4.69, 9.17) is 15.4 Å². The first-order chi connectivity index (χ1) is 8.85. The molecule has 0 aliphatic carbocycles. The van der Waals surface area contributed by atoms with Crippen molar-refractivity contribution in [3.8, 4) is 5.75 Å². The number of nitrogens with zero attached hydrogens (tertiary/aromatic N) is 1. The van der Waals surface area contributed by atoms with Gasteiger partial charge in [-0.3, -0.25) is 0 Å². The topological polar surface area (TPSA) is 57.0 Å². The highest BCUT2D eigenvalue weighted by Gasteiger charge is 2.13. The number of morpholine rings is 1. The molecular weight excluding hydrogens is 232 g/mol. The van der Waals surface area contributed by atoms with Crippen LogP contribution in [-0.2, 0) is 16.0 Å². The summed E-state index contributed by atoms with van der Waals surface area (Å²) in [6.45, 7) is 3.92. The minimum atomic E-state index is 0.489. The Labute approximate surface area is 107 Å². The van der Waals surface area contributed by atoms with Crippen LogP contribution >= 0.6 is 0 Å². The predicted molar refractivity (Wildman–Crippen MR) is 69.9 cm³/mol. The lowest BCUT2D eigenvalue weighted by molar-refractivity contribution is 0.122. The van der Waals surface area contributed by atoms with Crippen molar-refractivity contribution in [3.63, 3.8) is 0 Å². The molecule has 0 bridgehead atoms. The van der Waals surface area contributed by atoms with E-state index in [0.29, 0.717) is 6.61 Å². The minimum absolute atomic E-state index is 0.489. The van der Waals surface area contributed by atoms with E-state index in [2.05, 4.69) is 21.9 Å². The molecule has 5 nitrogen and oxygen atoms in total. The third-order valence-electron chi connectivity index (χ3n) is 3.13. The third-order valence-corrected chi connectivity index (χ3v) is 3.13. The molecule has 1 saturated heterocycles. The van der Waals surface area contributed by atoms with Gasteiger partial charge in [-0.05, 0) is 23.8 Å². The van der Waals surface area contributed by atoms with E-state index < -0.39 is 0 Å². The Kier molecular flexibility index (Phi) is 4.81. The second-order valence-corrected chi connectivity index (χ2v) is 4.22. The first-order valence-electron chi connectivity index (χ1n) is 6.16. The van der Waals surface area contributed by atoms with Crippen LogP contribution in [0.1, 0.15) is 5.56 Å². The average molecular weight is 252 g/mol. The monoisotopic (exact) mass is 252 g/mol. The zero-order valence-electron chi connectivity index (χ0n) is 10.7. The summed E-state index contributed by atoms with van der Waals surface area (Å²) in [4.78, 5) is 6.96. The quantitative estimate of drug-likeness (QED) is 0.791. The van der Waals surface area contributed by atoms with E-state index in [9.17, 15) is 0 Å². The highest BCUT2D eigenvalue weighted by atomic mass is 16.6. The molecule has 0 spiro atoms. The number of hydrogen-bond acceptors (Lipinski definition) is 5. The summed E-state index contributed by atoms with van der Waals surface area (Å²) in [6.07, 6.45) is 0.748. The van der Waals surface area contributed by atoms with Gasteiger partial charge in [-0.2, -0.15) is 0 Å². The summed E-state index contributed by atoms with van der Waals surface area (Å²) in [6, 6.07) is 6.22. The number of nitrogens with two attached hydrogens (primary N) is 1. The summed E-state index contributed by atoms with van der Waals surface area (Å²) < 4.78 is 10.7. The number of methoxy groups -OCH3 is 1. The standard InChI is InChI=1S/C13H20N2O3/c1-16-13-3-2-12(10-11(13)4-7-18-14)15-5-8-17-9-6-15/h2-3,10H,4-9,14H2,1H3. The number of rotatable bonds is 5. The second kappa shape index (κ2) is 6.58. The molecule has 1 fully saturated rings. The molecule has 2 N–H and O–H groups in total. The predicted octanol–water partition coefficient (Wildman–Crippen LogP) is 0.965. The fourth-order valence-corrected chi connectivity index (χ4v) is 2.15.